The van der Waals surface area contributed by atoms with Gasteiger partial charge in [-0.15, -0.1) is 37.2 Å². The first kappa shape index (κ1) is 27.3. The third kappa shape index (κ3) is 5.25. The number of rotatable bonds is 3. The summed E-state index contributed by atoms with van der Waals surface area (Å²) in [6, 6.07) is 6.93. The van der Waals surface area contributed by atoms with Crippen molar-refractivity contribution in [2.45, 2.75) is 18.8 Å². The minimum absolute atomic E-state index is 0. The smallest absolute Gasteiger partial charge is 0.132 e. The Bertz CT molecular complexity index is 1250. The summed E-state index contributed by atoms with van der Waals surface area (Å²) < 4.78 is 14.9. The molecular formula is C22H23BrCl3FN6. The second kappa shape index (κ2) is 11.4. The molecule has 11 heteroatoms. The quantitative estimate of drug-likeness (QED) is 0.282. The van der Waals surface area contributed by atoms with E-state index in [-0.39, 0.29) is 43.0 Å². The number of pyridine rings is 2. The molecule has 3 aromatic heterocycles. The summed E-state index contributed by atoms with van der Waals surface area (Å²) in [5, 5.41) is 12.1. The third-order valence-corrected chi connectivity index (χ3v) is 6.39. The molecule has 4 N–H and O–H groups in total. The SMILES string of the molecule is Cl.Cl.Cl.Nc1ncc(-c2c[nH]nc2C2CCNCC2)cc1-c1cc2c(Br)ccc(F)c2cn1. The molecule has 4 aromatic rings. The van der Waals surface area contributed by atoms with Gasteiger partial charge in [-0.1, -0.05) is 15.9 Å². The summed E-state index contributed by atoms with van der Waals surface area (Å²) in [7, 11) is 0. The molecule has 6 nitrogen and oxygen atoms in total. The number of piperidine rings is 1. The molecule has 0 bridgehead atoms. The lowest BCUT2D eigenvalue weighted by Crippen LogP contribution is -2.27. The number of fused-ring (bicyclic) bond motifs is 1. The molecule has 5 rings (SSSR count). The van der Waals surface area contributed by atoms with Crippen molar-refractivity contribution in [3.8, 4) is 22.4 Å². The second-order valence-corrected chi connectivity index (χ2v) is 8.36. The highest BCUT2D eigenvalue weighted by atomic mass is 79.9. The van der Waals surface area contributed by atoms with E-state index >= 15 is 0 Å². The summed E-state index contributed by atoms with van der Waals surface area (Å²) in [6.45, 7) is 1.99. The van der Waals surface area contributed by atoms with Gasteiger partial charge in [0.05, 0.1) is 11.4 Å². The number of hydrogen-bond donors (Lipinski definition) is 3. The van der Waals surface area contributed by atoms with E-state index in [1.165, 1.54) is 12.3 Å². The van der Waals surface area contributed by atoms with E-state index in [0.717, 1.165) is 52.6 Å². The minimum atomic E-state index is -0.308. The Kier molecular flexibility index (Phi) is 9.46. The van der Waals surface area contributed by atoms with Gasteiger partial charge in [-0.3, -0.25) is 10.1 Å². The Morgan fingerprint density at radius 2 is 1.73 bits per heavy atom. The number of nitrogens with zero attached hydrogens (tertiary/aromatic N) is 3. The Labute approximate surface area is 217 Å². The van der Waals surface area contributed by atoms with Crippen LogP contribution < -0.4 is 11.1 Å². The van der Waals surface area contributed by atoms with Crippen molar-refractivity contribution in [1.29, 1.82) is 0 Å². The summed E-state index contributed by atoms with van der Waals surface area (Å²) in [4.78, 5) is 8.88. The van der Waals surface area contributed by atoms with Crippen molar-refractivity contribution in [2.75, 3.05) is 18.8 Å². The van der Waals surface area contributed by atoms with Crippen LogP contribution in [0.3, 0.4) is 0 Å². The Morgan fingerprint density at radius 3 is 2.48 bits per heavy atom. The van der Waals surface area contributed by atoms with E-state index in [0.29, 0.717) is 28.4 Å². The maximum Gasteiger partial charge on any atom is 0.132 e. The molecule has 1 fully saturated rings. The molecule has 1 aromatic carbocycles. The zero-order chi connectivity index (χ0) is 20.7. The van der Waals surface area contributed by atoms with Crippen LogP contribution in [0.1, 0.15) is 24.5 Å². The van der Waals surface area contributed by atoms with E-state index in [9.17, 15) is 4.39 Å². The van der Waals surface area contributed by atoms with E-state index in [1.54, 1.807) is 12.3 Å². The summed E-state index contributed by atoms with van der Waals surface area (Å²) in [5.74, 6) is 0.480. The van der Waals surface area contributed by atoms with Crippen molar-refractivity contribution in [3.05, 3.63) is 58.8 Å². The lowest BCUT2D eigenvalue weighted by Gasteiger charge is -2.22. The first-order valence-corrected chi connectivity index (χ1v) is 10.7. The van der Waals surface area contributed by atoms with E-state index in [4.69, 9.17) is 5.73 Å². The van der Waals surface area contributed by atoms with Crippen LogP contribution in [0.15, 0.2) is 47.3 Å². The molecule has 0 aliphatic carbocycles. The lowest BCUT2D eigenvalue weighted by atomic mass is 9.90. The molecule has 1 saturated heterocycles. The Balaban J connectivity index is 0.00000128. The summed E-state index contributed by atoms with van der Waals surface area (Å²) in [6.07, 6.45) is 7.33. The minimum Gasteiger partial charge on any atom is -0.383 e. The Hall–Kier alpha value is -1.97. The molecule has 0 atom stereocenters. The largest absolute Gasteiger partial charge is 0.383 e. The number of aromatic amines is 1. The molecule has 1 aliphatic heterocycles. The normalized spacial score (nSPS) is 13.6. The van der Waals surface area contributed by atoms with Gasteiger partial charge in [-0.05, 0) is 50.2 Å². The van der Waals surface area contributed by atoms with Gasteiger partial charge in [0, 0.05) is 56.4 Å². The fraction of sp³-hybridized carbons (Fsp3) is 0.227. The number of halogens is 5. The molecule has 33 heavy (non-hydrogen) atoms. The number of nitrogens with one attached hydrogen (secondary N) is 2. The predicted molar refractivity (Wildman–Crippen MR) is 141 cm³/mol. The molecule has 0 spiro atoms. The fourth-order valence-corrected chi connectivity index (χ4v) is 4.54. The van der Waals surface area contributed by atoms with Crippen molar-refractivity contribution < 1.29 is 4.39 Å². The van der Waals surface area contributed by atoms with Crippen LogP contribution in [0.4, 0.5) is 10.2 Å². The van der Waals surface area contributed by atoms with Crippen LogP contribution in [-0.4, -0.2) is 33.3 Å². The van der Waals surface area contributed by atoms with Gasteiger partial charge < -0.3 is 11.1 Å². The zero-order valence-electron chi connectivity index (χ0n) is 17.3. The Morgan fingerprint density at radius 1 is 0.970 bits per heavy atom. The number of aromatic nitrogens is 4. The molecule has 0 radical (unpaired) electrons. The highest BCUT2D eigenvalue weighted by Gasteiger charge is 2.22. The standard InChI is InChI=1S/C22H20BrFN6.3ClH/c23-18-1-2-19(24)17-10-27-20(8-14(17)18)15-7-13(9-28-22(15)25)16-11-29-30-21(16)12-3-5-26-6-4-12;;;/h1-2,7-12,26H,3-6H2,(H2,25,28)(H,29,30);3*1H. The van der Waals surface area contributed by atoms with Crippen LogP contribution in [0, 0.1) is 5.82 Å². The number of nitrogens with two attached hydrogens (primary N) is 1. The third-order valence-electron chi connectivity index (χ3n) is 5.70. The maximum absolute atomic E-state index is 14.1. The molecule has 0 unspecified atom stereocenters. The zero-order valence-corrected chi connectivity index (χ0v) is 21.4. The molecular weight excluding hydrogens is 554 g/mol. The van der Waals surface area contributed by atoms with Crippen molar-refractivity contribution in [3.63, 3.8) is 0 Å². The van der Waals surface area contributed by atoms with Crippen molar-refractivity contribution in [1.82, 2.24) is 25.5 Å². The van der Waals surface area contributed by atoms with Crippen molar-refractivity contribution >= 4 is 69.7 Å². The van der Waals surface area contributed by atoms with Crippen LogP contribution in [-0.2, 0) is 0 Å². The number of nitrogen functional groups attached to an aromatic ring is 1. The number of H-pyrrole nitrogens is 1. The second-order valence-electron chi connectivity index (χ2n) is 7.51. The number of hydrogen-bond acceptors (Lipinski definition) is 5. The average Bonchev–Trinajstić information content (AvgIpc) is 3.27. The first-order chi connectivity index (χ1) is 14.6. The summed E-state index contributed by atoms with van der Waals surface area (Å²) in [5.41, 5.74) is 10.6. The lowest BCUT2D eigenvalue weighted by molar-refractivity contribution is 0.453. The maximum atomic E-state index is 14.1. The first-order valence-electron chi connectivity index (χ1n) is 9.86. The van der Waals surface area contributed by atoms with Gasteiger partial charge in [-0.25, -0.2) is 9.37 Å². The summed E-state index contributed by atoms with van der Waals surface area (Å²) >= 11 is 3.50. The van der Waals surface area contributed by atoms with Gasteiger partial charge in [0.2, 0.25) is 0 Å². The highest BCUT2D eigenvalue weighted by molar-refractivity contribution is 9.10. The predicted octanol–water partition coefficient (Wildman–Crippen LogP) is 5.90. The molecule has 176 valence electrons. The van der Waals surface area contributed by atoms with Gasteiger partial charge in [-0.2, -0.15) is 5.10 Å². The van der Waals surface area contributed by atoms with Gasteiger partial charge >= 0.3 is 0 Å². The fourth-order valence-electron chi connectivity index (χ4n) is 4.08. The van der Waals surface area contributed by atoms with Crippen LogP contribution in [0.2, 0.25) is 0 Å². The van der Waals surface area contributed by atoms with Crippen molar-refractivity contribution in [2.24, 2.45) is 0 Å². The molecule has 0 saturated carbocycles. The molecule has 1 aliphatic rings. The number of benzene rings is 1. The van der Waals surface area contributed by atoms with E-state index in [1.807, 2.05) is 18.3 Å². The molecule has 0 amide bonds. The topological polar surface area (TPSA) is 92.5 Å². The van der Waals surface area contributed by atoms with Gasteiger partial charge in [0.1, 0.15) is 11.6 Å². The van der Waals surface area contributed by atoms with E-state index in [2.05, 4.69) is 41.4 Å². The van der Waals surface area contributed by atoms with Crippen LogP contribution >= 0.6 is 53.2 Å². The van der Waals surface area contributed by atoms with Crippen LogP contribution in [0.25, 0.3) is 33.2 Å². The van der Waals surface area contributed by atoms with Gasteiger partial charge in [0.25, 0.3) is 0 Å². The molecule has 4 heterocycles. The van der Waals surface area contributed by atoms with E-state index < -0.39 is 0 Å². The number of anilines is 1. The highest BCUT2D eigenvalue weighted by Crippen LogP contribution is 2.36. The monoisotopic (exact) mass is 574 g/mol. The average molecular weight is 577 g/mol. The van der Waals surface area contributed by atoms with Gasteiger partial charge in [0.15, 0.2) is 0 Å². The van der Waals surface area contributed by atoms with Crippen LogP contribution in [0.5, 0.6) is 0 Å².